The molecule has 2 heteroatoms. The zero-order chi connectivity index (χ0) is 7.68. The summed E-state index contributed by atoms with van der Waals surface area (Å²) in [5.41, 5.74) is 8.37. The van der Waals surface area contributed by atoms with Gasteiger partial charge in [-0.15, -0.1) is 0 Å². The summed E-state index contributed by atoms with van der Waals surface area (Å²) in [7, 11) is 0. The second kappa shape index (κ2) is 2.64. The summed E-state index contributed by atoms with van der Waals surface area (Å²) in [6.45, 7) is 0.914. The fourth-order valence-corrected chi connectivity index (χ4v) is 1.45. The van der Waals surface area contributed by atoms with Gasteiger partial charge in [0.2, 0.25) is 0 Å². The van der Waals surface area contributed by atoms with Crippen LogP contribution in [0.25, 0.3) is 0 Å². The fourth-order valence-electron chi connectivity index (χ4n) is 1.45. The van der Waals surface area contributed by atoms with Crippen LogP contribution in [0.2, 0.25) is 0 Å². The van der Waals surface area contributed by atoms with Crippen LogP contribution < -0.4 is 11.1 Å². The Labute approximate surface area is 66.5 Å². The first kappa shape index (κ1) is 6.83. The van der Waals surface area contributed by atoms with Crippen molar-refractivity contribution in [1.82, 2.24) is 5.32 Å². The molecule has 2 aliphatic rings. The average Bonchev–Trinajstić information content (AvgIpc) is 2.04. The van der Waals surface area contributed by atoms with Crippen molar-refractivity contribution < 1.29 is 0 Å². The molecule has 11 heavy (non-hydrogen) atoms. The molecular formula is C9H12N2. The molecule has 0 aromatic carbocycles. The molecular weight excluding hydrogens is 136 g/mol. The molecule has 1 aliphatic carbocycles. The van der Waals surface area contributed by atoms with Crippen LogP contribution in [-0.4, -0.2) is 12.7 Å². The second-order valence-electron chi connectivity index (χ2n) is 2.90. The molecule has 0 saturated heterocycles. The van der Waals surface area contributed by atoms with Crippen LogP contribution in [0.4, 0.5) is 0 Å². The van der Waals surface area contributed by atoms with Crippen LogP contribution >= 0.6 is 0 Å². The predicted octanol–water partition coefficient (Wildman–Crippen LogP) is 0.687. The Bertz CT molecular complexity index is 248. The number of hydrogen-bond acceptors (Lipinski definition) is 2. The van der Waals surface area contributed by atoms with Gasteiger partial charge in [0, 0.05) is 6.54 Å². The SMILES string of the molecule is NC1C=C2C=CCC=C2CN1. The minimum atomic E-state index is 0.0323. The topological polar surface area (TPSA) is 38.0 Å². The molecule has 0 amide bonds. The summed E-state index contributed by atoms with van der Waals surface area (Å²) in [5, 5.41) is 3.18. The number of fused-ring (bicyclic) bond motifs is 1. The number of allylic oxidation sites excluding steroid dienone is 3. The van der Waals surface area contributed by atoms with Gasteiger partial charge in [-0.1, -0.05) is 18.2 Å². The van der Waals surface area contributed by atoms with Crippen molar-refractivity contribution in [1.29, 1.82) is 0 Å². The monoisotopic (exact) mass is 148 g/mol. The molecule has 1 aliphatic heterocycles. The molecule has 0 aromatic rings. The van der Waals surface area contributed by atoms with Gasteiger partial charge >= 0.3 is 0 Å². The molecule has 2 nitrogen and oxygen atoms in total. The summed E-state index contributed by atoms with van der Waals surface area (Å²) >= 11 is 0. The van der Waals surface area contributed by atoms with Gasteiger partial charge < -0.3 is 5.73 Å². The maximum absolute atomic E-state index is 5.69. The number of hydrogen-bond donors (Lipinski definition) is 2. The van der Waals surface area contributed by atoms with E-state index in [1.165, 1.54) is 11.1 Å². The highest BCUT2D eigenvalue weighted by Crippen LogP contribution is 2.19. The van der Waals surface area contributed by atoms with Gasteiger partial charge in [-0.2, -0.15) is 0 Å². The highest BCUT2D eigenvalue weighted by atomic mass is 15.0. The Morgan fingerprint density at radius 2 is 2.45 bits per heavy atom. The van der Waals surface area contributed by atoms with Gasteiger partial charge in [0.05, 0.1) is 6.17 Å². The average molecular weight is 148 g/mol. The predicted molar refractivity (Wildman–Crippen MR) is 45.9 cm³/mol. The molecule has 0 aromatic heterocycles. The van der Waals surface area contributed by atoms with Crippen molar-refractivity contribution in [2.45, 2.75) is 12.6 Å². The lowest BCUT2D eigenvalue weighted by Crippen LogP contribution is -2.40. The Hall–Kier alpha value is -0.860. The van der Waals surface area contributed by atoms with Crippen LogP contribution in [0.5, 0.6) is 0 Å². The summed E-state index contributed by atoms with van der Waals surface area (Å²) < 4.78 is 0. The Kier molecular flexibility index (Phi) is 1.64. The van der Waals surface area contributed by atoms with E-state index in [2.05, 4.69) is 29.6 Å². The molecule has 58 valence electrons. The standard InChI is InChI=1S/C9H12N2/c10-9-5-7-3-1-2-4-8(7)6-11-9/h1,3-5,9,11H,2,6,10H2. The van der Waals surface area contributed by atoms with Crippen LogP contribution in [-0.2, 0) is 0 Å². The van der Waals surface area contributed by atoms with E-state index in [1.54, 1.807) is 0 Å². The molecule has 3 N–H and O–H groups in total. The zero-order valence-corrected chi connectivity index (χ0v) is 6.38. The fraction of sp³-hybridized carbons (Fsp3) is 0.333. The minimum Gasteiger partial charge on any atom is -0.313 e. The summed E-state index contributed by atoms with van der Waals surface area (Å²) in [5.74, 6) is 0. The normalized spacial score (nSPS) is 29.0. The Morgan fingerprint density at radius 3 is 3.36 bits per heavy atom. The first-order valence-electron chi connectivity index (χ1n) is 3.93. The van der Waals surface area contributed by atoms with Crippen molar-refractivity contribution >= 4 is 0 Å². The first-order chi connectivity index (χ1) is 5.36. The number of nitrogens with one attached hydrogen (secondary N) is 1. The summed E-state index contributed by atoms with van der Waals surface area (Å²) in [4.78, 5) is 0. The molecule has 1 unspecified atom stereocenters. The molecule has 1 heterocycles. The number of rotatable bonds is 0. The van der Waals surface area contributed by atoms with E-state index in [9.17, 15) is 0 Å². The zero-order valence-electron chi connectivity index (χ0n) is 6.38. The van der Waals surface area contributed by atoms with Gasteiger partial charge in [-0.3, -0.25) is 5.32 Å². The van der Waals surface area contributed by atoms with E-state index in [4.69, 9.17) is 5.73 Å². The third-order valence-corrected chi connectivity index (χ3v) is 2.06. The maximum atomic E-state index is 5.69. The third-order valence-electron chi connectivity index (χ3n) is 2.06. The smallest absolute Gasteiger partial charge is 0.0750 e. The van der Waals surface area contributed by atoms with E-state index in [1.807, 2.05) is 0 Å². The van der Waals surface area contributed by atoms with E-state index in [0.717, 1.165) is 13.0 Å². The highest BCUT2D eigenvalue weighted by Gasteiger charge is 2.12. The van der Waals surface area contributed by atoms with Crippen LogP contribution in [0.15, 0.2) is 35.5 Å². The maximum Gasteiger partial charge on any atom is 0.0750 e. The van der Waals surface area contributed by atoms with E-state index < -0.39 is 0 Å². The Balaban J connectivity index is 2.31. The minimum absolute atomic E-state index is 0.0323. The van der Waals surface area contributed by atoms with Crippen LogP contribution in [0, 0.1) is 0 Å². The molecule has 2 rings (SSSR count). The van der Waals surface area contributed by atoms with Gasteiger partial charge in [0.25, 0.3) is 0 Å². The lowest BCUT2D eigenvalue weighted by molar-refractivity contribution is 0.628. The van der Waals surface area contributed by atoms with Crippen molar-refractivity contribution in [2.24, 2.45) is 5.73 Å². The third kappa shape index (κ3) is 1.27. The molecule has 1 atom stereocenters. The van der Waals surface area contributed by atoms with Crippen molar-refractivity contribution in [2.75, 3.05) is 6.54 Å². The molecule has 0 spiro atoms. The van der Waals surface area contributed by atoms with Gasteiger partial charge in [0.15, 0.2) is 0 Å². The van der Waals surface area contributed by atoms with Crippen LogP contribution in [0.1, 0.15) is 6.42 Å². The van der Waals surface area contributed by atoms with Crippen molar-refractivity contribution in [3.8, 4) is 0 Å². The number of nitrogens with two attached hydrogens (primary N) is 1. The van der Waals surface area contributed by atoms with Crippen molar-refractivity contribution in [3.63, 3.8) is 0 Å². The molecule has 0 radical (unpaired) electrons. The largest absolute Gasteiger partial charge is 0.313 e. The first-order valence-corrected chi connectivity index (χ1v) is 3.93. The van der Waals surface area contributed by atoms with E-state index in [0.29, 0.717) is 0 Å². The quantitative estimate of drug-likeness (QED) is 0.530. The van der Waals surface area contributed by atoms with E-state index >= 15 is 0 Å². The summed E-state index contributed by atoms with van der Waals surface area (Å²) in [6.07, 6.45) is 9.70. The Morgan fingerprint density at radius 1 is 1.55 bits per heavy atom. The molecule has 0 fully saturated rings. The second-order valence-corrected chi connectivity index (χ2v) is 2.90. The van der Waals surface area contributed by atoms with Gasteiger partial charge in [0.1, 0.15) is 0 Å². The van der Waals surface area contributed by atoms with Crippen LogP contribution in [0.3, 0.4) is 0 Å². The van der Waals surface area contributed by atoms with Crippen molar-refractivity contribution in [3.05, 3.63) is 35.5 Å². The lowest BCUT2D eigenvalue weighted by Gasteiger charge is -2.22. The molecule has 0 bridgehead atoms. The van der Waals surface area contributed by atoms with Gasteiger partial charge in [-0.25, -0.2) is 0 Å². The molecule has 0 saturated carbocycles. The van der Waals surface area contributed by atoms with Gasteiger partial charge in [-0.05, 0) is 23.6 Å². The lowest BCUT2D eigenvalue weighted by atomic mass is 9.96. The summed E-state index contributed by atoms with van der Waals surface area (Å²) in [6, 6.07) is 0. The highest BCUT2D eigenvalue weighted by molar-refractivity contribution is 5.46. The van der Waals surface area contributed by atoms with E-state index in [-0.39, 0.29) is 6.17 Å².